The number of sulfonamides is 1. The van der Waals surface area contributed by atoms with Crippen molar-refractivity contribution in [2.24, 2.45) is 0 Å². The first-order valence-electron chi connectivity index (χ1n) is 10.9. The van der Waals surface area contributed by atoms with Crippen molar-refractivity contribution in [2.75, 3.05) is 12.4 Å². The molecule has 6 nitrogen and oxygen atoms in total. The van der Waals surface area contributed by atoms with Crippen molar-refractivity contribution in [3.05, 3.63) is 88.4 Å². The van der Waals surface area contributed by atoms with Gasteiger partial charge in [0.05, 0.1) is 7.11 Å². The highest BCUT2D eigenvalue weighted by Crippen LogP contribution is 2.29. The van der Waals surface area contributed by atoms with Crippen LogP contribution >= 0.6 is 11.6 Å². The Morgan fingerprint density at radius 1 is 1.03 bits per heavy atom. The van der Waals surface area contributed by atoms with Gasteiger partial charge in [-0.2, -0.15) is 4.72 Å². The van der Waals surface area contributed by atoms with E-state index < -0.39 is 22.0 Å². The summed E-state index contributed by atoms with van der Waals surface area (Å²) in [6.07, 6.45) is 0.164. The van der Waals surface area contributed by atoms with Gasteiger partial charge >= 0.3 is 0 Å². The first-order valence-corrected chi connectivity index (χ1v) is 12.8. The van der Waals surface area contributed by atoms with Crippen LogP contribution in [0.15, 0.2) is 71.6 Å². The molecule has 3 rings (SSSR count). The van der Waals surface area contributed by atoms with Crippen LogP contribution in [0.1, 0.15) is 36.5 Å². The number of nitrogens with one attached hydrogen (secondary N) is 2. The third kappa shape index (κ3) is 6.17. The summed E-state index contributed by atoms with van der Waals surface area (Å²) < 4.78 is 34.5. The van der Waals surface area contributed by atoms with Crippen LogP contribution in [0.25, 0.3) is 0 Å². The van der Waals surface area contributed by atoms with Gasteiger partial charge in [0.2, 0.25) is 15.9 Å². The normalized spacial score (nSPS) is 12.4. The Morgan fingerprint density at radius 2 is 1.74 bits per heavy atom. The first kappa shape index (κ1) is 25.7. The standard InChI is InChI=1S/C26H29ClN2O4S/c1-17(2)21-12-8-9-18(3)25(21)28-26(30)22(15-19-10-6-5-7-11-19)29-34(31,32)24-16-20(27)13-14-23(24)33-4/h5-14,16-17,22,29H,15H2,1-4H3,(H,28,30)/t22-/m1/s1. The molecule has 0 spiro atoms. The van der Waals surface area contributed by atoms with Crippen LogP contribution in [0.5, 0.6) is 5.75 Å². The molecule has 3 aromatic rings. The van der Waals surface area contributed by atoms with E-state index >= 15 is 0 Å². The summed E-state index contributed by atoms with van der Waals surface area (Å²) in [4.78, 5) is 13.3. The summed E-state index contributed by atoms with van der Waals surface area (Å²) in [5.41, 5.74) is 3.39. The van der Waals surface area contributed by atoms with Gasteiger partial charge in [-0.3, -0.25) is 4.79 Å². The third-order valence-electron chi connectivity index (χ3n) is 5.49. The van der Waals surface area contributed by atoms with E-state index in [1.807, 2.05) is 69.3 Å². The van der Waals surface area contributed by atoms with Gasteiger partial charge in [0.25, 0.3) is 0 Å². The summed E-state index contributed by atoms with van der Waals surface area (Å²) in [7, 11) is -2.76. The lowest BCUT2D eigenvalue weighted by Crippen LogP contribution is -2.45. The molecule has 0 aliphatic rings. The first-order chi connectivity index (χ1) is 16.1. The zero-order chi connectivity index (χ0) is 24.9. The SMILES string of the molecule is COc1ccc(Cl)cc1S(=O)(=O)N[C@H](Cc1ccccc1)C(=O)Nc1c(C)cccc1C(C)C. The highest BCUT2D eigenvalue weighted by atomic mass is 35.5. The maximum Gasteiger partial charge on any atom is 0.245 e. The second-order valence-corrected chi connectivity index (χ2v) is 10.5. The van der Waals surface area contributed by atoms with E-state index in [0.29, 0.717) is 5.69 Å². The van der Waals surface area contributed by atoms with E-state index in [0.717, 1.165) is 16.7 Å². The fraction of sp³-hybridized carbons (Fsp3) is 0.269. The van der Waals surface area contributed by atoms with E-state index in [9.17, 15) is 13.2 Å². The number of para-hydroxylation sites is 1. The fourth-order valence-corrected chi connectivity index (χ4v) is 5.33. The van der Waals surface area contributed by atoms with Crippen LogP contribution in [0.2, 0.25) is 5.02 Å². The molecule has 0 saturated carbocycles. The van der Waals surface area contributed by atoms with Gasteiger partial charge in [0.1, 0.15) is 16.7 Å². The van der Waals surface area contributed by atoms with Crippen molar-refractivity contribution in [2.45, 2.75) is 44.0 Å². The molecule has 0 saturated heterocycles. The van der Waals surface area contributed by atoms with Crippen LogP contribution in [-0.2, 0) is 21.2 Å². The molecule has 0 heterocycles. The number of anilines is 1. The van der Waals surface area contributed by atoms with Crippen molar-refractivity contribution in [3.8, 4) is 5.75 Å². The Hall–Kier alpha value is -2.87. The van der Waals surface area contributed by atoms with Crippen molar-refractivity contribution in [3.63, 3.8) is 0 Å². The molecule has 180 valence electrons. The Bertz CT molecular complexity index is 1260. The Balaban J connectivity index is 1.98. The maximum absolute atomic E-state index is 13.5. The van der Waals surface area contributed by atoms with Crippen LogP contribution < -0.4 is 14.8 Å². The third-order valence-corrected chi connectivity index (χ3v) is 7.21. The number of rotatable bonds is 9. The molecule has 0 aliphatic heterocycles. The van der Waals surface area contributed by atoms with E-state index in [4.69, 9.17) is 16.3 Å². The summed E-state index contributed by atoms with van der Waals surface area (Å²) in [5.74, 6) is -0.142. The number of aryl methyl sites for hydroxylation is 1. The molecule has 8 heteroatoms. The van der Waals surface area contributed by atoms with E-state index in [1.165, 1.54) is 19.2 Å². The summed E-state index contributed by atoms with van der Waals surface area (Å²) in [6.45, 7) is 5.99. The predicted molar refractivity (Wildman–Crippen MR) is 136 cm³/mol. The number of carbonyl (C=O) groups is 1. The summed E-state index contributed by atoms with van der Waals surface area (Å²) in [5, 5.41) is 3.21. The maximum atomic E-state index is 13.5. The molecule has 0 bridgehead atoms. The number of benzene rings is 3. The van der Waals surface area contributed by atoms with Gasteiger partial charge in [-0.15, -0.1) is 0 Å². The fourth-order valence-electron chi connectivity index (χ4n) is 3.70. The van der Waals surface area contributed by atoms with Gasteiger partial charge in [-0.25, -0.2) is 8.42 Å². The second-order valence-electron chi connectivity index (χ2n) is 8.34. The lowest BCUT2D eigenvalue weighted by molar-refractivity contribution is -0.117. The Kier molecular flexibility index (Phi) is 8.36. The van der Waals surface area contributed by atoms with Crippen LogP contribution in [0.4, 0.5) is 5.69 Å². The minimum Gasteiger partial charge on any atom is -0.495 e. The van der Waals surface area contributed by atoms with E-state index in [-0.39, 0.29) is 28.0 Å². The topological polar surface area (TPSA) is 84.5 Å². The zero-order valence-electron chi connectivity index (χ0n) is 19.6. The molecule has 0 unspecified atom stereocenters. The molecule has 1 amide bonds. The molecule has 2 N–H and O–H groups in total. The number of hydrogen-bond donors (Lipinski definition) is 2. The number of methoxy groups -OCH3 is 1. The number of halogens is 1. The lowest BCUT2D eigenvalue weighted by atomic mass is 9.97. The quantitative estimate of drug-likeness (QED) is 0.417. The second kappa shape index (κ2) is 11.0. The number of carbonyl (C=O) groups excluding carboxylic acids is 1. The molecule has 34 heavy (non-hydrogen) atoms. The minimum atomic E-state index is -4.14. The van der Waals surface area contributed by atoms with Crippen molar-refractivity contribution >= 4 is 33.2 Å². The molecular weight excluding hydrogens is 472 g/mol. The highest BCUT2D eigenvalue weighted by Gasteiger charge is 2.29. The molecular formula is C26H29ClN2O4S. The lowest BCUT2D eigenvalue weighted by Gasteiger charge is -2.22. The van der Waals surface area contributed by atoms with Gasteiger partial charge in [0.15, 0.2) is 0 Å². The van der Waals surface area contributed by atoms with Crippen LogP contribution in [0, 0.1) is 6.92 Å². The van der Waals surface area contributed by atoms with Gasteiger partial charge in [-0.05, 0) is 54.2 Å². The average molecular weight is 501 g/mol. The smallest absolute Gasteiger partial charge is 0.245 e. The molecule has 0 fully saturated rings. The zero-order valence-corrected chi connectivity index (χ0v) is 21.2. The minimum absolute atomic E-state index is 0.132. The van der Waals surface area contributed by atoms with Crippen molar-refractivity contribution < 1.29 is 17.9 Å². The molecule has 0 aliphatic carbocycles. The predicted octanol–water partition coefficient (Wildman–Crippen LogP) is 5.31. The number of ether oxygens (including phenoxy) is 1. The molecule has 0 aromatic heterocycles. The average Bonchev–Trinajstić information content (AvgIpc) is 2.80. The van der Waals surface area contributed by atoms with Crippen molar-refractivity contribution in [1.29, 1.82) is 0 Å². The van der Waals surface area contributed by atoms with E-state index in [2.05, 4.69) is 10.0 Å². The van der Waals surface area contributed by atoms with Gasteiger partial charge in [-0.1, -0.05) is 74.0 Å². The molecule has 1 atom stereocenters. The highest BCUT2D eigenvalue weighted by molar-refractivity contribution is 7.89. The van der Waals surface area contributed by atoms with Crippen LogP contribution in [-0.4, -0.2) is 27.5 Å². The molecule has 0 radical (unpaired) electrons. The number of amides is 1. The molecule has 3 aromatic carbocycles. The summed E-state index contributed by atoms with van der Waals surface area (Å²) in [6, 6.07) is 18.3. The van der Waals surface area contributed by atoms with Crippen LogP contribution in [0.3, 0.4) is 0 Å². The Labute approximate surface area is 206 Å². The summed E-state index contributed by atoms with van der Waals surface area (Å²) >= 11 is 6.05. The van der Waals surface area contributed by atoms with Crippen molar-refractivity contribution in [1.82, 2.24) is 4.72 Å². The van der Waals surface area contributed by atoms with Gasteiger partial charge in [0, 0.05) is 10.7 Å². The number of hydrogen-bond acceptors (Lipinski definition) is 4. The monoisotopic (exact) mass is 500 g/mol. The van der Waals surface area contributed by atoms with E-state index in [1.54, 1.807) is 6.07 Å². The van der Waals surface area contributed by atoms with Gasteiger partial charge < -0.3 is 10.1 Å². The largest absolute Gasteiger partial charge is 0.495 e. The Morgan fingerprint density at radius 3 is 2.38 bits per heavy atom.